The van der Waals surface area contributed by atoms with Crippen molar-refractivity contribution in [2.45, 2.75) is 39.2 Å². The van der Waals surface area contributed by atoms with Crippen LogP contribution < -0.4 is 5.32 Å². The summed E-state index contributed by atoms with van der Waals surface area (Å²) in [5.74, 6) is -1.61. The average Bonchev–Trinajstić information content (AvgIpc) is 2.72. The van der Waals surface area contributed by atoms with Gasteiger partial charge in [-0.1, -0.05) is 31.2 Å². The fraction of sp³-hybridized carbons (Fsp3) is 0.364. The zero-order valence-electron chi connectivity index (χ0n) is 16.6. The van der Waals surface area contributed by atoms with E-state index in [2.05, 4.69) is 5.32 Å². The molecule has 0 aliphatic carbocycles. The largest absolute Gasteiger partial charge is 0.456 e. The van der Waals surface area contributed by atoms with Crippen LogP contribution in [0.15, 0.2) is 36.4 Å². The molecule has 0 aromatic heterocycles. The third kappa shape index (κ3) is 4.45. The zero-order chi connectivity index (χ0) is 21.0. The monoisotopic (exact) mass is 396 g/mol. The maximum absolute atomic E-state index is 12.8. The second-order valence-corrected chi connectivity index (χ2v) is 7.11. The first-order valence-electron chi connectivity index (χ1n) is 9.75. The molecule has 7 nitrogen and oxygen atoms in total. The van der Waals surface area contributed by atoms with E-state index in [0.29, 0.717) is 16.5 Å². The quantitative estimate of drug-likeness (QED) is 0.547. The lowest BCUT2D eigenvalue weighted by molar-refractivity contribution is -0.148. The molecule has 0 fully saturated rings. The van der Waals surface area contributed by atoms with Crippen LogP contribution in [-0.2, 0) is 14.3 Å². The van der Waals surface area contributed by atoms with Gasteiger partial charge < -0.3 is 10.1 Å². The molecule has 152 valence electrons. The van der Waals surface area contributed by atoms with E-state index in [1.807, 2.05) is 26.0 Å². The fourth-order valence-electron chi connectivity index (χ4n) is 3.30. The van der Waals surface area contributed by atoms with Crippen molar-refractivity contribution in [3.8, 4) is 0 Å². The van der Waals surface area contributed by atoms with E-state index in [1.54, 1.807) is 24.3 Å². The van der Waals surface area contributed by atoms with Crippen LogP contribution in [-0.4, -0.2) is 47.8 Å². The first-order chi connectivity index (χ1) is 13.9. The number of nitrogens with one attached hydrogen (secondary N) is 1. The van der Waals surface area contributed by atoms with E-state index in [0.717, 1.165) is 11.8 Å². The highest BCUT2D eigenvalue weighted by molar-refractivity contribution is 6.25. The molecule has 1 N–H and O–H groups in total. The standard InChI is InChI=1S/C22H24N2O5/c1-3-14(2)23-18(25)13-29-19(26)11-6-12-24-21(27)16-9-4-7-15-8-5-10-17(20(15)16)22(24)28/h4-5,7-10,14H,3,6,11-13H2,1-2H3,(H,23,25)/t14-/m0/s1. The Kier molecular flexibility index (Phi) is 6.26. The number of carbonyl (C=O) groups excluding carboxylic acids is 4. The number of nitrogens with zero attached hydrogens (tertiary/aromatic N) is 1. The summed E-state index contributed by atoms with van der Waals surface area (Å²) in [7, 11) is 0. The topological polar surface area (TPSA) is 92.8 Å². The summed E-state index contributed by atoms with van der Waals surface area (Å²) >= 11 is 0. The molecular formula is C22H24N2O5. The molecule has 0 bridgehead atoms. The summed E-state index contributed by atoms with van der Waals surface area (Å²) in [6, 6.07) is 10.7. The second kappa shape index (κ2) is 8.86. The van der Waals surface area contributed by atoms with Crippen molar-refractivity contribution < 1.29 is 23.9 Å². The van der Waals surface area contributed by atoms with E-state index >= 15 is 0 Å². The van der Waals surface area contributed by atoms with Crippen molar-refractivity contribution in [3.05, 3.63) is 47.5 Å². The molecule has 2 aromatic rings. The maximum Gasteiger partial charge on any atom is 0.306 e. The number of imide groups is 1. The zero-order valence-corrected chi connectivity index (χ0v) is 16.6. The highest BCUT2D eigenvalue weighted by Crippen LogP contribution is 2.30. The smallest absolute Gasteiger partial charge is 0.306 e. The lowest BCUT2D eigenvalue weighted by Gasteiger charge is -2.27. The summed E-state index contributed by atoms with van der Waals surface area (Å²) < 4.78 is 4.96. The predicted molar refractivity (Wildman–Crippen MR) is 107 cm³/mol. The molecule has 1 aliphatic rings. The number of hydrogen-bond acceptors (Lipinski definition) is 5. The van der Waals surface area contributed by atoms with Crippen molar-refractivity contribution in [2.75, 3.05) is 13.2 Å². The number of esters is 1. The van der Waals surface area contributed by atoms with Crippen LogP contribution in [0, 0.1) is 0 Å². The van der Waals surface area contributed by atoms with E-state index in [4.69, 9.17) is 4.74 Å². The summed E-state index contributed by atoms with van der Waals surface area (Å²) in [5.41, 5.74) is 0.976. The van der Waals surface area contributed by atoms with Gasteiger partial charge in [0, 0.05) is 35.5 Å². The van der Waals surface area contributed by atoms with Gasteiger partial charge >= 0.3 is 5.97 Å². The Morgan fingerprint density at radius 2 is 1.69 bits per heavy atom. The van der Waals surface area contributed by atoms with E-state index in [1.165, 1.54) is 4.90 Å². The van der Waals surface area contributed by atoms with Gasteiger partial charge in [0.15, 0.2) is 6.61 Å². The van der Waals surface area contributed by atoms with Crippen LogP contribution in [0.4, 0.5) is 0 Å². The van der Waals surface area contributed by atoms with Crippen LogP contribution >= 0.6 is 0 Å². The third-order valence-electron chi connectivity index (χ3n) is 5.00. The van der Waals surface area contributed by atoms with Gasteiger partial charge in [-0.3, -0.25) is 24.1 Å². The van der Waals surface area contributed by atoms with Gasteiger partial charge in [-0.2, -0.15) is 0 Å². The molecule has 3 rings (SSSR count). The van der Waals surface area contributed by atoms with Crippen LogP contribution in [0.25, 0.3) is 10.8 Å². The summed E-state index contributed by atoms with van der Waals surface area (Å²) in [5, 5.41) is 4.23. The Morgan fingerprint density at radius 3 is 2.28 bits per heavy atom. The van der Waals surface area contributed by atoms with Gasteiger partial charge in [-0.05, 0) is 37.3 Å². The van der Waals surface area contributed by atoms with Gasteiger partial charge in [0.25, 0.3) is 17.7 Å². The van der Waals surface area contributed by atoms with Crippen molar-refractivity contribution in [3.63, 3.8) is 0 Å². The molecule has 0 saturated heterocycles. The fourth-order valence-corrected chi connectivity index (χ4v) is 3.30. The molecule has 0 radical (unpaired) electrons. The van der Waals surface area contributed by atoms with Crippen molar-refractivity contribution >= 4 is 34.5 Å². The minimum atomic E-state index is -0.538. The number of benzene rings is 2. The van der Waals surface area contributed by atoms with Crippen molar-refractivity contribution in [1.82, 2.24) is 10.2 Å². The van der Waals surface area contributed by atoms with Gasteiger partial charge in [-0.25, -0.2) is 0 Å². The third-order valence-corrected chi connectivity index (χ3v) is 5.00. The van der Waals surface area contributed by atoms with E-state index in [9.17, 15) is 19.2 Å². The summed E-state index contributed by atoms with van der Waals surface area (Å²) in [4.78, 5) is 50.2. The SMILES string of the molecule is CC[C@H](C)NC(=O)COC(=O)CCCN1C(=O)c2cccc3cccc(c23)C1=O. The van der Waals surface area contributed by atoms with Crippen LogP contribution in [0.5, 0.6) is 0 Å². The maximum atomic E-state index is 12.8. The molecule has 1 heterocycles. The molecule has 0 saturated carbocycles. The first kappa shape index (κ1) is 20.5. The van der Waals surface area contributed by atoms with Gasteiger partial charge in [0.1, 0.15) is 0 Å². The lowest BCUT2D eigenvalue weighted by atomic mass is 9.94. The van der Waals surface area contributed by atoms with Gasteiger partial charge in [0.05, 0.1) is 0 Å². The number of carbonyl (C=O) groups is 4. The minimum absolute atomic E-state index is 0.0134. The number of rotatable bonds is 8. The van der Waals surface area contributed by atoms with Crippen LogP contribution in [0.1, 0.15) is 53.8 Å². The van der Waals surface area contributed by atoms with Crippen molar-refractivity contribution in [1.29, 1.82) is 0 Å². The molecule has 2 aromatic carbocycles. The summed E-state index contributed by atoms with van der Waals surface area (Å²) in [6.45, 7) is 3.58. The molecule has 7 heteroatoms. The lowest BCUT2D eigenvalue weighted by Crippen LogP contribution is -2.41. The average molecular weight is 396 g/mol. The van der Waals surface area contributed by atoms with Crippen LogP contribution in [0.3, 0.4) is 0 Å². The van der Waals surface area contributed by atoms with E-state index < -0.39 is 5.97 Å². The predicted octanol–water partition coefficient (Wildman–Crippen LogP) is 2.67. The summed E-state index contributed by atoms with van der Waals surface area (Å²) in [6.07, 6.45) is 1.06. The minimum Gasteiger partial charge on any atom is -0.456 e. The highest BCUT2D eigenvalue weighted by atomic mass is 16.5. The Bertz CT molecular complexity index is 918. The Morgan fingerprint density at radius 1 is 1.07 bits per heavy atom. The molecule has 1 atom stereocenters. The Labute approximate surface area is 169 Å². The van der Waals surface area contributed by atoms with Gasteiger partial charge in [-0.15, -0.1) is 0 Å². The molecule has 0 unspecified atom stereocenters. The molecular weight excluding hydrogens is 372 g/mol. The highest BCUT2D eigenvalue weighted by Gasteiger charge is 2.32. The molecule has 1 aliphatic heterocycles. The van der Waals surface area contributed by atoms with Gasteiger partial charge in [0.2, 0.25) is 0 Å². The number of amides is 3. The number of hydrogen-bond donors (Lipinski definition) is 1. The normalized spacial score (nSPS) is 14.1. The molecule has 3 amide bonds. The van der Waals surface area contributed by atoms with Crippen LogP contribution in [0.2, 0.25) is 0 Å². The first-order valence-corrected chi connectivity index (χ1v) is 9.75. The Hall–Kier alpha value is -3.22. The number of ether oxygens (including phenoxy) is 1. The molecule has 0 spiro atoms. The van der Waals surface area contributed by atoms with Crippen molar-refractivity contribution in [2.24, 2.45) is 0 Å². The van der Waals surface area contributed by atoms with E-state index in [-0.39, 0.29) is 49.8 Å². The molecule has 29 heavy (non-hydrogen) atoms. The second-order valence-electron chi connectivity index (χ2n) is 7.11. The Balaban J connectivity index is 1.55.